The van der Waals surface area contributed by atoms with Crippen LogP contribution in [0.25, 0.3) is 0 Å². The first kappa shape index (κ1) is 22.2. The first-order valence-corrected chi connectivity index (χ1v) is 12.5. The normalized spacial score (nSPS) is 11.1. The van der Waals surface area contributed by atoms with E-state index in [-0.39, 0.29) is 10.8 Å². The predicted octanol–water partition coefficient (Wildman–Crippen LogP) is 3.41. The largest absolute Gasteiger partial charge is 0.322 e. The van der Waals surface area contributed by atoms with Gasteiger partial charge in [0.25, 0.3) is 5.91 Å². The van der Waals surface area contributed by atoms with Crippen LogP contribution in [0.4, 0.5) is 10.8 Å². The zero-order valence-electron chi connectivity index (χ0n) is 15.5. The molecule has 3 rings (SSSR count). The molecule has 30 heavy (non-hydrogen) atoms. The molecule has 0 aliphatic rings. The first-order valence-electron chi connectivity index (χ1n) is 8.48. The van der Waals surface area contributed by atoms with Gasteiger partial charge >= 0.3 is 0 Å². The van der Waals surface area contributed by atoms with E-state index in [1.807, 2.05) is 19.1 Å². The zero-order chi connectivity index (χ0) is 21.7. The molecule has 0 unspecified atom stereocenters. The molecule has 2 amide bonds. The maximum absolute atomic E-state index is 12.4. The molecule has 0 saturated heterocycles. The van der Waals surface area contributed by atoms with Crippen LogP contribution in [-0.4, -0.2) is 31.8 Å². The zero-order valence-corrected chi connectivity index (χ0v) is 18.8. The van der Waals surface area contributed by atoms with E-state index < -0.39 is 22.5 Å². The Morgan fingerprint density at radius 3 is 2.27 bits per heavy atom. The number of carbonyl (C=O) groups excluding carboxylic acids is 2. The van der Waals surface area contributed by atoms with Gasteiger partial charge in [-0.25, -0.2) is 13.1 Å². The van der Waals surface area contributed by atoms with Crippen LogP contribution in [0.5, 0.6) is 0 Å². The van der Waals surface area contributed by atoms with Crippen LogP contribution in [0, 0.1) is 10.9 Å². The lowest BCUT2D eigenvalue weighted by Crippen LogP contribution is -2.32. The Balaban J connectivity index is 1.58. The molecule has 12 heteroatoms. The third-order valence-corrected chi connectivity index (χ3v) is 7.73. The van der Waals surface area contributed by atoms with Crippen molar-refractivity contribution < 1.29 is 18.0 Å². The first-order chi connectivity index (χ1) is 14.2. The summed E-state index contributed by atoms with van der Waals surface area (Å²) in [5.41, 5.74) is 1.98. The molecule has 3 N–H and O–H groups in total. The Hall–Kier alpha value is -2.51. The number of carbonyl (C=O) groups is 2. The number of nitrogens with one attached hydrogen (secondary N) is 3. The summed E-state index contributed by atoms with van der Waals surface area (Å²) >= 11 is 4.87. The van der Waals surface area contributed by atoms with E-state index in [0.717, 1.165) is 5.56 Å². The lowest BCUT2D eigenvalue weighted by atomic mass is 10.1. The lowest BCUT2D eigenvalue weighted by Gasteiger charge is -2.09. The van der Waals surface area contributed by atoms with E-state index in [1.165, 1.54) is 44.9 Å². The molecule has 0 aliphatic heterocycles. The Kier molecular flexibility index (Phi) is 7.05. The molecule has 0 saturated carbocycles. The molecule has 2 aromatic carbocycles. The number of benzene rings is 2. The second-order valence-electron chi connectivity index (χ2n) is 6.07. The van der Waals surface area contributed by atoms with Crippen LogP contribution < -0.4 is 15.4 Å². The summed E-state index contributed by atoms with van der Waals surface area (Å²) in [5.74, 6) is -0.858. The molecule has 0 radical (unpaired) electrons. The SMILES string of the molecule is Cc1ccc(C(=O)Nc2ccc(S(=O)(=O)NCC(=O)Nc3nc(=S)ss3)cc2)cc1. The van der Waals surface area contributed by atoms with Crippen molar-refractivity contribution in [3.05, 3.63) is 63.6 Å². The molecule has 0 atom stereocenters. The highest BCUT2D eigenvalue weighted by molar-refractivity contribution is 7.89. The van der Waals surface area contributed by atoms with E-state index in [4.69, 9.17) is 12.2 Å². The highest BCUT2D eigenvalue weighted by Crippen LogP contribution is 2.19. The van der Waals surface area contributed by atoms with E-state index in [0.29, 0.717) is 20.3 Å². The molecule has 0 spiro atoms. The van der Waals surface area contributed by atoms with Crippen molar-refractivity contribution in [2.24, 2.45) is 0 Å². The molecular formula is C18H16N4O4S4. The van der Waals surface area contributed by atoms with Gasteiger partial charge in [0.2, 0.25) is 21.1 Å². The highest BCUT2D eigenvalue weighted by Gasteiger charge is 2.16. The molecule has 0 bridgehead atoms. The third kappa shape index (κ3) is 6.00. The average Bonchev–Trinajstić information content (AvgIpc) is 3.12. The number of amides is 2. The van der Waals surface area contributed by atoms with E-state index in [9.17, 15) is 18.0 Å². The number of hydrogen-bond acceptors (Lipinski definition) is 8. The third-order valence-electron chi connectivity index (χ3n) is 3.79. The van der Waals surface area contributed by atoms with Crippen LogP contribution in [-0.2, 0) is 14.8 Å². The van der Waals surface area contributed by atoms with Gasteiger partial charge in [-0.3, -0.25) is 9.59 Å². The molecule has 1 aromatic heterocycles. The van der Waals surface area contributed by atoms with Crippen molar-refractivity contribution >= 4 is 65.6 Å². The maximum Gasteiger partial charge on any atom is 0.255 e. The van der Waals surface area contributed by atoms with Gasteiger partial charge in [-0.1, -0.05) is 17.7 Å². The lowest BCUT2D eigenvalue weighted by molar-refractivity contribution is -0.115. The number of sulfonamides is 1. The minimum absolute atomic E-state index is 0.0343. The maximum atomic E-state index is 12.4. The summed E-state index contributed by atoms with van der Waals surface area (Å²) in [7, 11) is -1.47. The molecule has 156 valence electrons. The van der Waals surface area contributed by atoms with Gasteiger partial charge in [-0.05, 0) is 76.2 Å². The summed E-state index contributed by atoms with van der Waals surface area (Å²) in [6.07, 6.45) is 0. The number of rotatable bonds is 7. The topological polar surface area (TPSA) is 117 Å². The summed E-state index contributed by atoms with van der Waals surface area (Å²) in [6.45, 7) is 1.47. The standard InChI is InChI=1S/C18H16N4O4S4/c1-11-2-4-12(5-3-11)16(24)20-13-6-8-14(9-7-13)30(25,26)19-10-15(23)21-17-22-18(27)29-28-17/h2-9,19H,10H2,1H3,(H,20,24)(H,21,22,23,27). The second kappa shape index (κ2) is 9.53. The van der Waals surface area contributed by atoms with Crippen LogP contribution in [0.15, 0.2) is 53.4 Å². The van der Waals surface area contributed by atoms with Crippen LogP contribution in [0.2, 0.25) is 0 Å². The van der Waals surface area contributed by atoms with Gasteiger partial charge in [0, 0.05) is 11.3 Å². The molecular weight excluding hydrogens is 464 g/mol. The molecule has 0 aliphatic carbocycles. The minimum Gasteiger partial charge on any atom is -0.322 e. The van der Waals surface area contributed by atoms with E-state index in [1.54, 1.807) is 12.1 Å². The Bertz CT molecular complexity index is 1220. The van der Waals surface area contributed by atoms with Crippen LogP contribution in [0.3, 0.4) is 0 Å². The van der Waals surface area contributed by atoms with Crippen molar-refractivity contribution in [1.82, 2.24) is 9.71 Å². The summed E-state index contributed by atoms with van der Waals surface area (Å²) in [6, 6.07) is 12.7. The van der Waals surface area contributed by atoms with Crippen molar-refractivity contribution in [1.29, 1.82) is 0 Å². The predicted molar refractivity (Wildman–Crippen MR) is 120 cm³/mol. The number of nitrogens with zero attached hydrogens (tertiary/aromatic N) is 1. The molecule has 1 heterocycles. The van der Waals surface area contributed by atoms with Crippen molar-refractivity contribution in [3.8, 4) is 0 Å². The number of aromatic nitrogens is 1. The fourth-order valence-corrected chi connectivity index (χ4v) is 5.13. The van der Waals surface area contributed by atoms with E-state index in [2.05, 4.69) is 20.3 Å². The van der Waals surface area contributed by atoms with Gasteiger partial charge in [0.15, 0.2) is 3.95 Å². The second-order valence-corrected chi connectivity index (χ2v) is 10.6. The summed E-state index contributed by atoms with van der Waals surface area (Å²) in [4.78, 5) is 28.0. The van der Waals surface area contributed by atoms with E-state index >= 15 is 0 Å². The Labute approximate surface area is 185 Å². The van der Waals surface area contributed by atoms with Gasteiger partial charge in [0.1, 0.15) is 0 Å². The smallest absolute Gasteiger partial charge is 0.255 e. The van der Waals surface area contributed by atoms with Crippen molar-refractivity contribution in [2.75, 3.05) is 17.2 Å². The number of aryl methyl sites for hydroxylation is 1. The fraction of sp³-hybridized carbons (Fsp3) is 0.111. The molecule has 3 aromatic rings. The highest BCUT2D eigenvalue weighted by atomic mass is 32.9. The number of hydrogen-bond donors (Lipinski definition) is 3. The van der Waals surface area contributed by atoms with Gasteiger partial charge < -0.3 is 10.6 Å². The summed E-state index contributed by atoms with van der Waals surface area (Å²) < 4.78 is 27.4. The fourth-order valence-electron chi connectivity index (χ4n) is 2.28. The van der Waals surface area contributed by atoms with Gasteiger partial charge in [-0.15, -0.1) is 0 Å². The molecule has 8 nitrogen and oxygen atoms in total. The summed E-state index contributed by atoms with van der Waals surface area (Å²) in [5, 5.41) is 5.50. The van der Waals surface area contributed by atoms with Crippen LogP contribution >= 0.6 is 32.9 Å². The number of anilines is 2. The van der Waals surface area contributed by atoms with Crippen LogP contribution in [0.1, 0.15) is 15.9 Å². The van der Waals surface area contributed by atoms with Crippen molar-refractivity contribution in [3.63, 3.8) is 0 Å². The quantitative estimate of drug-likeness (QED) is 0.352. The average molecular weight is 481 g/mol. The van der Waals surface area contributed by atoms with Gasteiger partial charge in [-0.2, -0.15) is 4.98 Å². The van der Waals surface area contributed by atoms with Crippen molar-refractivity contribution in [2.45, 2.75) is 11.8 Å². The Morgan fingerprint density at radius 1 is 1.00 bits per heavy atom. The molecule has 0 fully saturated rings. The Morgan fingerprint density at radius 2 is 1.67 bits per heavy atom. The monoisotopic (exact) mass is 480 g/mol. The van der Waals surface area contributed by atoms with Gasteiger partial charge in [0.05, 0.1) is 11.4 Å². The minimum atomic E-state index is -3.90.